The summed E-state index contributed by atoms with van der Waals surface area (Å²) in [6.45, 7) is 0. The van der Waals surface area contributed by atoms with Crippen molar-refractivity contribution in [3.8, 4) is 5.75 Å². The van der Waals surface area contributed by atoms with Gasteiger partial charge in [-0.05, 0) is 24.5 Å². The maximum atomic E-state index is 11.9. The Morgan fingerprint density at radius 2 is 1.79 bits per heavy atom. The predicted molar refractivity (Wildman–Crippen MR) is 89.9 cm³/mol. The number of nitrogens with zero attached hydrogens (tertiary/aromatic N) is 2. The lowest BCUT2D eigenvalue weighted by molar-refractivity contribution is -0.384. The van der Waals surface area contributed by atoms with Gasteiger partial charge in [0, 0.05) is 12.1 Å². The minimum Gasteiger partial charge on any atom is -0.506 e. The van der Waals surface area contributed by atoms with Crippen molar-refractivity contribution in [2.24, 2.45) is 0 Å². The van der Waals surface area contributed by atoms with Crippen LogP contribution in [0.3, 0.4) is 0 Å². The average Bonchev–Trinajstić information content (AvgIpc) is 3.08. The molecule has 0 unspecified atom stereocenters. The molecule has 0 aromatic heterocycles. The first-order valence-corrected chi connectivity index (χ1v) is 7.86. The van der Waals surface area contributed by atoms with Gasteiger partial charge in [0.2, 0.25) is 6.41 Å². The molecule has 1 saturated carbocycles. The normalized spacial score (nSPS) is 15.8. The smallest absolute Gasteiger partial charge is 0.271 e. The molecular weight excluding hydrogens is 308 g/mol. The summed E-state index contributed by atoms with van der Waals surface area (Å²) in [6.07, 6.45) is 4.07. The zero-order valence-corrected chi connectivity index (χ0v) is 13.1. The van der Waals surface area contributed by atoms with Gasteiger partial charge in [0.25, 0.3) is 5.69 Å². The molecule has 2 aromatic rings. The second kappa shape index (κ2) is 6.31. The maximum absolute atomic E-state index is 11.9. The Morgan fingerprint density at radius 1 is 1.12 bits per heavy atom. The van der Waals surface area contributed by atoms with Gasteiger partial charge in [0.05, 0.1) is 16.1 Å². The summed E-state index contributed by atoms with van der Waals surface area (Å²) >= 11 is 0. The van der Waals surface area contributed by atoms with E-state index in [2.05, 4.69) is 0 Å². The van der Waals surface area contributed by atoms with Gasteiger partial charge >= 0.3 is 0 Å². The van der Waals surface area contributed by atoms with Crippen LogP contribution < -0.4 is 4.90 Å². The fraction of sp³-hybridized carbons (Fsp3) is 0.278. The predicted octanol–water partition coefficient (Wildman–Crippen LogP) is 3.73. The van der Waals surface area contributed by atoms with Crippen molar-refractivity contribution in [1.82, 2.24) is 0 Å². The molecule has 1 aliphatic rings. The first-order valence-electron chi connectivity index (χ1n) is 7.86. The zero-order valence-electron chi connectivity index (χ0n) is 13.1. The number of aromatic hydroxyl groups is 1. The van der Waals surface area contributed by atoms with Gasteiger partial charge < -0.3 is 10.0 Å². The Kier molecular flexibility index (Phi) is 4.20. The number of benzene rings is 2. The molecule has 1 fully saturated rings. The molecular formula is C18H18N2O4. The van der Waals surface area contributed by atoms with E-state index in [9.17, 15) is 20.0 Å². The van der Waals surface area contributed by atoms with Gasteiger partial charge in [-0.2, -0.15) is 0 Å². The molecule has 6 nitrogen and oxygen atoms in total. The Hall–Kier alpha value is -2.89. The fourth-order valence-electron chi connectivity index (χ4n) is 3.58. The number of non-ortho nitro benzene ring substituents is 1. The van der Waals surface area contributed by atoms with Crippen LogP contribution in [-0.4, -0.2) is 16.4 Å². The van der Waals surface area contributed by atoms with Crippen molar-refractivity contribution in [3.63, 3.8) is 0 Å². The lowest BCUT2D eigenvalue weighted by Crippen LogP contribution is -2.43. The Balaban J connectivity index is 2.15. The fourth-order valence-corrected chi connectivity index (χ4v) is 3.58. The van der Waals surface area contributed by atoms with Crippen molar-refractivity contribution < 1.29 is 14.8 Å². The molecule has 3 rings (SSSR count). The van der Waals surface area contributed by atoms with Crippen molar-refractivity contribution in [2.75, 3.05) is 4.90 Å². The summed E-state index contributed by atoms with van der Waals surface area (Å²) in [4.78, 5) is 23.9. The van der Waals surface area contributed by atoms with E-state index in [0.29, 0.717) is 6.41 Å². The number of phenolic OH excluding ortho intramolecular Hbond substituents is 1. The number of hydrogen-bond acceptors (Lipinski definition) is 4. The molecule has 0 bridgehead atoms. The van der Waals surface area contributed by atoms with Crippen LogP contribution in [0.2, 0.25) is 0 Å². The van der Waals surface area contributed by atoms with Crippen LogP contribution in [0.25, 0.3) is 0 Å². The lowest BCUT2D eigenvalue weighted by atomic mass is 9.86. The van der Waals surface area contributed by atoms with Crippen LogP contribution in [0.1, 0.15) is 31.2 Å². The van der Waals surface area contributed by atoms with Crippen molar-refractivity contribution in [2.45, 2.75) is 31.2 Å². The van der Waals surface area contributed by atoms with E-state index in [1.54, 1.807) is 0 Å². The van der Waals surface area contributed by atoms with Gasteiger partial charge in [-0.1, -0.05) is 43.2 Å². The van der Waals surface area contributed by atoms with Crippen LogP contribution in [0.5, 0.6) is 5.75 Å². The Labute approximate surface area is 139 Å². The monoisotopic (exact) mass is 326 g/mol. The third kappa shape index (κ3) is 2.60. The highest BCUT2D eigenvalue weighted by atomic mass is 16.6. The summed E-state index contributed by atoms with van der Waals surface area (Å²) in [6, 6.07) is 13.4. The van der Waals surface area contributed by atoms with E-state index in [-0.39, 0.29) is 17.1 Å². The molecule has 6 heteroatoms. The number of carbonyl (C=O) groups is 1. The molecule has 0 heterocycles. The highest BCUT2D eigenvalue weighted by Crippen LogP contribution is 2.47. The number of nitro benzene ring substituents is 1. The molecule has 1 aliphatic carbocycles. The van der Waals surface area contributed by atoms with Crippen LogP contribution in [0.15, 0.2) is 48.5 Å². The third-order valence-corrected chi connectivity index (χ3v) is 4.74. The number of hydrogen-bond donors (Lipinski definition) is 1. The largest absolute Gasteiger partial charge is 0.506 e. The molecule has 24 heavy (non-hydrogen) atoms. The minimum atomic E-state index is -0.588. The lowest BCUT2D eigenvalue weighted by Gasteiger charge is -2.39. The van der Waals surface area contributed by atoms with Gasteiger partial charge in [-0.3, -0.25) is 14.9 Å². The second-order valence-electron chi connectivity index (χ2n) is 6.01. The topological polar surface area (TPSA) is 83.7 Å². The maximum Gasteiger partial charge on any atom is 0.271 e. The van der Waals surface area contributed by atoms with Crippen LogP contribution >= 0.6 is 0 Å². The molecule has 0 atom stereocenters. The average molecular weight is 326 g/mol. The molecule has 0 spiro atoms. The molecule has 0 radical (unpaired) electrons. The highest BCUT2D eigenvalue weighted by molar-refractivity contribution is 5.82. The summed E-state index contributed by atoms with van der Waals surface area (Å²) in [5, 5.41) is 21.3. The van der Waals surface area contributed by atoms with Gasteiger partial charge in [0.1, 0.15) is 5.75 Å². The number of phenols is 1. The zero-order chi connectivity index (χ0) is 17.2. The van der Waals surface area contributed by atoms with Crippen molar-refractivity contribution >= 4 is 17.8 Å². The van der Waals surface area contributed by atoms with E-state index in [0.717, 1.165) is 31.2 Å². The van der Waals surface area contributed by atoms with Crippen molar-refractivity contribution in [3.05, 3.63) is 64.2 Å². The highest BCUT2D eigenvalue weighted by Gasteiger charge is 2.42. The summed E-state index contributed by atoms with van der Waals surface area (Å²) < 4.78 is 0. The SMILES string of the molecule is O=CN(c1cc([N+](=O)[O-])ccc1O)C1(c2ccccc2)CCCC1. The quantitative estimate of drug-likeness (QED) is 0.515. The Bertz CT molecular complexity index is 755. The molecule has 1 amide bonds. The molecule has 0 saturated heterocycles. The number of carbonyl (C=O) groups excluding carboxylic acids is 1. The van der Waals surface area contributed by atoms with Crippen LogP contribution in [-0.2, 0) is 10.3 Å². The second-order valence-corrected chi connectivity index (χ2v) is 6.01. The van der Waals surface area contributed by atoms with Crippen LogP contribution in [0.4, 0.5) is 11.4 Å². The first-order chi connectivity index (χ1) is 11.6. The van der Waals surface area contributed by atoms with E-state index in [1.165, 1.54) is 23.1 Å². The standard InChI is InChI=1S/C18H18N2O4/c21-13-19(16-12-15(20(23)24)8-9-17(16)22)18(10-4-5-11-18)14-6-2-1-3-7-14/h1-3,6-9,12-13,22H,4-5,10-11H2. The van der Waals surface area contributed by atoms with Gasteiger partial charge in [-0.15, -0.1) is 0 Å². The number of nitro groups is 1. The van der Waals surface area contributed by atoms with Crippen LogP contribution in [0, 0.1) is 10.1 Å². The Morgan fingerprint density at radius 3 is 2.38 bits per heavy atom. The third-order valence-electron chi connectivity index (χ3n) is 4.74. The van der Waals surface area contributed by atoms with E-state index in [4.69, 9.17) is 0 Å². The summed E-state index contributed by atoms with van der Waals surface area (Å²) in [7, 11) is 0. The van der Waals surface area contributed by atoms with E-state index >= 15 is 0 Å². The number of rotatable bonds is 5. The number of amides is 1. The molecule has 124 valence electrons. The summed E-state index contributed by atoms with van der Waals surface area (Å²) in [5.41, 5.74) is 0.400. The summed E-state index contributed by atoms with van der Waals surface area (Å²) in [5.74, 6) is -0.144. The minimum absolute atomic E-state index is 0.144. The first kappa shape index (κ1) is 16.0. The molecule has 0 aliphatic heterocycles. The number of anilines is 1. The van der Waals surface area contributed by atoms with E-state index in [1.807, 2.05) is 30.3 Å². The molecule has 1 N–H and O–H groups in total. The van der Waals surface area contributed by atoms with Gasteiger partial charge in [-0.25, -0.2) is 0 Å². The van der Waals surface area contributed by atoms with Crippen molar-refractivity contribution in [1.29, 1.82) is 0 Å². The van der Waals surface area contributed by atoms with Gasteiger partial charge in [0.15, 0.2) is 0 Å². The molecule has 2 aromatic carbocycles. The van der Waals surface area contributed by atoms with E-state index < -0.39 is 10.5 Å².